The van der Waals surface area contributed by atoms with Gasteiger partial charge in [-0.15, -0.1) is 11.3 Å². The highest BCUT2D eigenvalue weighted by Crippen LogP contribution is 2.43. The van der Waals surface area contributed by atoms with Crippen molar-refractivity contribution in [1.29, 1.82) is 0 Å². The molecule has 1 unspecified atom stereocenters. The van der Waals surface area contributed by atoms with Crippen molar-refractivity contribution in [2.24, 2.45) is 9.98 Å². The number of hydrogen-bond donors (Lipinski definition) is 1. The largest absolute Gasteiger partial charge is 0.456 e. The Morgan fingerprint density at radius 1 is 0.632 bits per heavy atom. The molecule has 1 N–H and O–H groups in total. The SMILES string of the molecule is C1=Cc2c(n(-c3ccc4sc5cccc(-c6ccc7c(c6)oc6ccc(C8=NC(c9ccccc9)NC(c9ccccc9)=N8)cc67)c5c4c3)c3ccccc23)CC1. The van der Waals surface area contributed by atoms with Crippen LogP contribution in [0.3, 0.4) is 0 Å². The second-order valence-electron chi connectivity index (χ2n) is 14.9. The van der Waals surface area contributed by atoms with E-state index in [2.05, 4.69) is 143 Å². The molecular formula is C51H34N4OS. The molecule has 5 nitrogen and oxygen atoms in total. The van der Waals surface area contributed by atoms with Crippen LogP contribution in [0.25, 0.3) is 75.9 Å². The lowest BCUT2D eigenvalue weighted by molar-refractivity contribution is 0.669. The lowest BCUT2D eigenvalue weighted by atomic mass is 9.98. The molecule has 4 heterocycles. The number of rotatable bonds is 5. The van der Waals surface area contributed by atoms with Crippen LogP contribution in [-0.4, -0.2) is 16.2 Å². The predicted octanol–water partition coefficient (Wildman–Crippen LogP) is 13.0. The summed E-state index contributed by atoms with van der Waals surface area (Å²) in [6.45, 7) is 0. The molecule has 2 aliphatic rings. The normalized spacial score (nSPS) is 15.3. The van der Waals surface area contributed by atoms with E-state index < -0.39 is 0 Å². The third-order valence-corrected chi connectivity index (χ3v) is 12.7. The zero-order chi connectivity index (χ0) is 37.5. The van der Waals surface area contributed by atoms with Crippen molar-refractivity contribution in [3.63, 3.8) is 0 Å². The molecule has 0 fully saturated rings. The molecule has 57 heavy (non-hydrogen) atoms. The molecule has 0 amide bonds. The Morgan fingerprint density at radius 3 is 2.39 bits per heavy atom. The van der Waals surface area contributed by atoms with E-state index in [-0.39, 0.29) is 6.17 Å². The molecule has 0 spiro atoms. The van der Waals surface area contributed by atoms with E-state index in [1.165, 1.54) is 53.6 Å². The average molecular weight is 751 g/mol. The van der Waals surface area contributed by atoms with Gasteiger partial charge in [0.2, 0.25) is 0 Å². The molecule has 270 valence electrons. The van der Waals surface area contributed by atoms with Crippen molar-refractivity contribution in [1.82, 2.24) is 9.88 Å². The summed E-state index contributed by atoms with van der Waals surface area (Å²) in [5.41, 5.74) is 12.3. The molecule has 1 aliphatic carbocycles. The lowest BCUT2D eigenvalue weighted by Crippen LogP contribution is -2.33. The first kappa shape index (κ1) is 32.2. The molecule has 3 aromatic heterocycles. The van der Waals surface area contributed by atoms with Crippen LogP contribution in [0.1, 0.15) is 40.5 Å². The van der Waals surface area contributed by atoms with Crippen molar-refractivity contribution < 1.29 is 4.42 Å². The Balaban J connectivity index is 0.966. The van der Waals surface area contributed by atoms with Crippen LogP contribution >= 0.6 is 11.3 Å². The maximum absolute atomic E-state index is 6.59. The van der Waals surface area contributed by atoms with Crippen molar-refractivity contribution in [2.45, 2.75) is 19.0 Å². The fourth-order valence-corrected chi connectivity index (χ4v) is 9.98. The van der Waals surface area contributed by atoms with Gasteiger partial charge in [-0.1, -0.05) is 109 Å². The zero-order valence-electron chi connectivity index (χ0n) is 30.8. The molecular weight excluding hydrogens is 717 g/mol. The Labute approximate surface area is 332 Å². The first-order valence-corrected chi connectivity index (χ1v) is 20.3. The highest BCUT2D eigenvalue weighted by molar-refractivity contribution is 7.26. The first-order chi connectivity index (χ1) is 28.2. The van der Waals surface area contributed by atoms with Gasteiger partial charge in [0.25, 0.3) is 0 Å². The number of thiophene rings is 1. The van der Waals surface area contributed by atoms with Gasteiger partial charge in [0, 0.05) is 64.4 Å². The van der Waals surface area contributed by atoms with E-state index in [1.807, 2.05) is 47.7 Å². The van der Waals surface area contributed by atoms with Crippen LogP contribution in [0.2, 0.25) is 0 Å². The third kappa shape index (κ3) is 5.21. The van der Waals surface area contributed by atoms with E-state index in [9.17, 15) is 0 Å². The van der Waals surface area contributed by atoms with Crippen LogP contribution in [0.5, 0.6) is 0 Å². The molecule has 1 aliphatic heterocycles. The molecule has 7 aromatic carbocycles. The highest BCUT2D eigenvalue weighted by Gasteiger charge is 2.23. The Hall–Kier alpha value is -7.02. The van der Waals surface area contributed by atoms with Gasteiger partial charge < -0.3 is 14.3 Å². The monoisotopic (exact) mass is 750 g/mol. The summed E-state index contributed by atoms with van der Waals surface area (Å²) < 4.78 is 11.6. The molecule has 1 atom stereocenters. The summed E-state index contributed by atoms with van der Waals surface area (Å²) in [5.74, 6) is 1.49. The third-order valence-electron chi connectivity index (χ3n) is 11.5. The van der Waals surface area contributed by atoms with E-state index in [0.717, 1.165) is 62.9 Å². The second kappa shape index (κ2) is 12.8. The first-order valence-electron chi connectivity index (χ1n) is 19.5. The van der Waals surface area contributed by atoms with Gasteiger partial charge >= 0.3 is 0 Å². The maximum Gasteiger partial charge on any atom is 0.159 e. The molecule has 0 saturated carbocycles. The minimum Gasteiger partial charge on any atom is -0.456 e. The highest BCUT2D eigenvalue weighted by atomic mass is 32.1. The van der Waals surface area contributed by atoms with Crippen LogP contribution < -0.4 is 5.32 Å². The van der Waals surface area contributed by atoms with Crippen LogP contribution in [-0.2, 0) is 6.42 Å². The Kier molecular flexibility index (Phi) is 7.22. The zero-order valence-corrected chi connectivity index (χ0v) is 31.6. The number of hydrogen-bond acceptors (Lipinski definition) is 5. The predicted molar refractivity (Wildman–Crippen MR) is 238 cm³/mol. The van der Waals surface area contributed by atoms with Gasteiger partial charge in [0.05, 0.1) is 5.52 Å². The molecule has 0 saturated heterocycles. The molecule has 6 heteroatoms. The molecule has 0 radical (unpaired) electrons. The smallest absolute Gasteiger partial charge is 0.159 e. The van der Waals surface area contributed by atoms with E-state index in [1.54, 1.807) is 0 Å². The second-order valence-corrected chi connectivity index (χ2v) is 16.0. The average Bonchev–Trinajstić information content (AvgIpc) is 3.95. The molecule has 10 aromatic rings. The van der Waals surface area contributed by atoms with Crippen molar-refractivity contribution in [3.8, 4) is 16.8 Å². The fraction of sp³-hybridized carbons (Fsp3) is 0.0588. The minimum atomic E-state index is -0.259. The lowest BCUT2D eigenvalue weighted by Gasteiger charge is -2.23. The number of nitrogens with zero attached hydrogens (tertiary/aromatic N) is 3. The van der Waals surface area contributed by atoms with Crippen molar-refractivity contribution in [2.75, 3.05) is 0 Å². The topological polar surface area (TPSA) is 54.8 Å². The van der Waals surface area contributed by atoms with Crippen molar-refractivity contribution >= 4 is 82.1 Å². The summed E-state index contributed by atoms with van der Waals surface area (Å²) >= 11 is 1.86. The minimum absolute atomic E-state index is 0.259. The van der Waals surface area contributed by atoms with Gasteiger partial charge in [0.15, 0.2) is 5.84 Å². The number of benzene rings is 7. The summed E-state index contributed by atoms with van der Waals surface area (Å²) in [5, 5.41) is 9.55. The summed E-state index contributed by atoms with van der Waals surface area (Å²) in [7, 11) is 0. The summed E-state index contributed by atoms with van der Waals surface area (Å²) in [6, 6.07) is 56.0. The number of fused-ring (bicyclic) bond motifs is 9. The van der Waals surface area contributed by atoms with Crippen LogP contribution in [0, 0.1) is 0 Å². The van der Waals surface area contributed by atoms with E-state index in [0.29, 0.717) is 5.84 Å². The number of nitrogens with one attached hydrogen (secondary N) is 1. The number of amidine groups is 2. The Morgan fingerprint density at radius 2 is 1.47 bits per heavy atom. The summed E-state index contributed by atoms with van der Waals surface area (Å²) in [6.07, 6.45) is 6.45. The number of aliphatic imine (C=N–C) groups is 2. The summed E-state index contributed by atoms with van der Waals surface area (Å²) in [4.78, 5) is 10.2. The van der Waals surface area contributed by atoms with Crippen molar-refractivity contribution in [3.05, 3.63) is 192 Å². The van der Waals surface area contributed by atoms with Crippen LogP contribution in [0.4, 0.5) is 0 Å². The van der Waals surface area contributed by atoms with E-state index >= 15 is 0 Å². The quantitative estimate of drug-likeness (QED) is 0.190. The van der Waals surface area contributed by atoms with Gasteiger partial charge in [-0.2, -0.15) is 0 Å². The van der Waals surface area contributed by atoms with Gasteiger partial charge in [-0.3, -0.25) is 0 Å². The maximum atomic E-state index is 6.59. The molecule has 0 bridgehead atoms. The number of furan rings is 1. The molecule has 12 rings (SSSR count). The fourth-order valence-electron chi connectivity index (χ4n) is 8.87. The van der Waals surface area contributed by atoms with Gasteiger partial charge in [-0.05, 0) is 90.2 Å². The number of para-hydroxylation sites is 1. The van der Waals surface area contributed by atoms with E-state index in [4.69, 9.17) is 14.4 Å². The standard InChI is InChI=1S/C51H34N4OS/c1-3-12-31(13-4-1)49-52-50(32-14-5-2-6-15-32)54-51(53-49)34-23-26-44-40(28-34)39-25-22-33(29-45(39)56-44)36-18-11-21-47-48(36)41-30-35(24-27-46(41)57-47)55-42-19-9-7-16-37(42)38-17-8-10-20-43(38)55/h1-9,11-19,21-30,49H,10,20H2,(H,52,53,54). The van der Waals surface area contributed by atoms with Crippen LogP contribution in [0.15, 0.2) is 178 Å². The van der Waals surface area contributed by atoms with Gasteiger partial charge in [0.1, 0.15) is 23.2 Å². The van der Waals surface area contributed by atoms with Gasteiger partial charge in [-0.25, -0.2) is 9.98 Å². The number of aromatic nitrogens is 1. The Bertz CT molecular complexity index is 3330. The number of allylic oxidation sites excluding steroid dienone is 1.